The molecule has 1 saturated heterocycles. The van der Waals surface area contributed by atoms with Crippen LogP contribution in [-0.4, -0.2) is 40.4 Å². The molecule has 5 nitrogen and oxygen atoms in total. The second-order valence-corrected chi connectivity index (χ2v) is 2.68. The van der Waals surface area contributed by atoms with Crippen LogP contribution >= 0.6 is 0 Å². The topological polar surface area (TPSA) is 90.5 Å². The van der Waals surface area contributed by atoms with E-state index < -0.39 is 30.2 Å². The Bertz CT molecular complexity index is 234. The highest BCUT2D eigenvalue weighted by atomic mass is 16.5. The van der Waals surface area contributed by atoms with Gasteiger partial charge in [-0.25, -0.2) is 0 Å². The van der Waals surface area contributed by atoms with Gasteiger partial charge in [-0.05, 0) is 6.92 Å². The Morgan fingerprint density at radius 3 is 2.58 bits per heavy atom. The molecule has 4 atom stereocenters. The standard InChI is InChI=1S/C7H9NO4/c1-3-5(9)7(11)6(10)4(2-8)12-3/h3-6,9-10H,1H3. The van der Waals surface area contributed by atoms with Crippen LogP contribution in [0.2, 0.25) is 0 Å². The van der Waals surface area contributed by atoms with Crippen LogP contribution in [0.15, 0.2) is 0 Å². The molecule has 1 rings (SSSR count). The number of hydrogen-bond donors (Lipinski definition) is 2. The van der Waals surface area contributed by atoms with Gasteiger partial charge in [0.2, 0.25) is 0 Å². The van der Waals surface area contributed by atoms with E-state index in [2.05, 4.69) is 0 Å². The lowest BCUT2D eigenvalue weighted by atomic mass is 9.98. The fraction of sp³-hybridized carbons (Fsp3) is 0.714. The molecule has 0 aromatic heterocycles. The lowest BCUT2D eigenvalue weighted by Gasteiger charge is -2.30. The van der Waals surface area contributed by atoms with Gasteiger partial charge in [-0.3, -0.25) is 4.79 Å². The van der Waals surface area contributed by atoms with E-state index >= 15 is 0 Å². The largest absolute Gasteiger partial charge is 0.382 e. The first kappa shape index (κ1) is 9.13. The smallest absolute Gasteiger partial charge is 0.196 e. The van der Waals surface area contributed by atoms with Crippen LogP contribution in [0.3, 0.4) is 0 Å². The molecule has 2 N–H and O–H groups in total. The minimum atomic E-state index is -1.53. The van der Waals surface area contributed by atoms with Crippen LogP contribution < -0.4 is 0 Å². The molecule has 0 aromatic rings. The Labute approximate surface area is 69.2 Å². The lowest BCUT2D eigenvalue weighted by Crippen LogP contribution is -2.53. The molecule has 0 amide bonds. The molecular formula is C7H9NO4. The van der Waals surface area contributed by atoms with Crippen molar-refractivity contribution in [3.63, 3.8) is 0 Å². The summed E-state index contributed by atoms with van der Waals surface area (Å²) < 4.78 is 4.85. The highest BCUT2D eigenvalue weighted by molar-refractivity contribution is 5.89. The number of hydrogen-bond acceptors (Lipinski definition) is 5. The van der Waals surface area contributed by atoms with Crippen LogP contribution in [0.25, 0.3) is 0 Å². The molecular weight excluding hydrogens is 162 g/mol. The Kier molecular flexibility index (Phi) is 2.43. The quantitative estimate of drug-likeness (QED) is 0.467. The molecule has 1 aliphatic rings. The summed E-state index contributed by atoms with van der Waals surface area (Å²) in [6.07, 6.45) is -4.74. The minimum Gasteiger partial charge on any atom is -0.382 e. The highest BCUT2D eigenvalue weighted by Crippen LogP contribution is 2.16. The number of carbonyl (C=O) groups excluding carboxylic acids is 1. The first-order chi connectivity index (χ1) is 5.57. The van der Waals surface area contributed by atoms with Crippen LogP contribution in [0.4, 0.5) is 0 Å². The summed E-state index contributed by atoms with van der Waals surface area (Å²) in [5.41, 5.74) is 0. The van der Waals surface area contributed by atoms with Crippen molar-refractivity contribution >= 4 is 5.78 Å². The number of nitriles is 1. The summed E-state index contributed by atoms with van der Waals surface area (Å²) in [6.45, 7) is 1.47. The third kappa shape index (κ3) is 1.32. The number of aliphatic hydroxyl groups is 2. The number of rotatable bonds is 0. The van der Waals surface area contributed by atoms with E-state index in [0.717, 1.165) is 0 Å². The van der Waals surface area contributed by atoms with Gasteiger partial charge in [0.05, 0.1) is 12.2 Å². The van der Waals surface area contributed by atoms with E-state index in [1.54, 1.807) is 6.07 Å². The van der Waals surface area contributed by atoms with E-state index in [1.165, 1.54) is 6.92 Å². The SMILES string of the molecule is CC1OC(C#N)C(O)C(=O)C1O. The number of ether oxygens (including phenoxy) is 1. The summed E-state index contributed by atoms with van der Waals surface area (Å²) in [6, 6.07) is 1.63. The molecule has 0 bridgehead atoms. The molecule has 0 spiro atoms. The second kappa shape index (κ2) is 3.19. The maximum Gasteiger partial charge on any atom is 0.196 e. The third-order valence-electron chi connectivity index (χ3n) is 1.80. The summed E-state index contributed by atoms with van der Waals surface area (Å²) >= 11 is 0. The predicted octanol–water partition coefficient (Wildman–Crippen LogP) is -1.41. The molecule has 0 saturated carbocycles. The van der Waals surface area contributed by atoms with E-state index in [-0.39, 0.29) is 0 Å². The molecule has 4 unspecified atom stereocenters. The van der Waals surface area contributed by atoms with Crippen molar-refractivity contribution in [2.75, 3.05) is 0 Å². The van der Waals surface area contributed by atoms with Gasteiger partial charge in [0.25, 0.3) is 0 Å². The van der Waals surface area contributed by atoms with Crippen molar-refractivity contribution in [2.45, 2.75) is 31.3 Å². The van der Waals surface area contributed by atoms with Crippen LogP contribution in [-0.2, 0) is 9.53 Å². The zero-order chi connectivity index (χ0) is 9.30. The van der Waals surface area contributed by atoms with Crippen LogP contribution in [0.1, 0.15) is 6.92 Å². The zero-order valence-corrected chi connectivity index (χ0v) is 6.47. The van der Waals surface area contributed by atoms with Crippen molar-refractivity contribution in [1.82, 2.24) is 0 Å². The highest BCUT2D eigenvalue weighted by Gasteiger charge is 2.41. The molecule has 1 aliphatic heterocycles. The summed E-state index contributed by atoms with van der Waals surface area (Å²) in [4.78, 5) is 11.0. The van der Waals surface area contributed by atoms with Gasteiger partial charge in [-0.1, -0.05) is 0 Å². The Hall–Kier alpha value is -0.960. The van der Waals surface area contributed by atoms with E-state index in [1.807, 2.05) is 0 Å². The number of aliphatic hydroxyl groups excluding tert-OH is 2. The second-order valence-electron chi connectivity index (χ2n) is 2.68. The van der Waals surface area contributed by atoms with Crippen molar-refractivity contribution in [1.29, 1.82) is 5.26 Å². The van der Waals surface area contributed by atoms with Crippen LogP contribution in [0.5, 0.6) is 0 Å². The fourth-order valence-corrected chi connectivity index (χ4v) is 1.04. The van der Waals surface area contributed by atoms with Crippen molar-refractivity contribution < 1.29 is 19.7 Å². The summed E-state index contributed by atoms with van der Waals surface area (Å²) in [7, 11) is 0. The number of ketones is 1. The number of nitrogens with zero attached hydrogens (tertiary/aromatic N) is 1. The van der Waals surface area contributed by atoms with Crippen LogP contribution in [0, 0.1) is 11.3 Å². The minimum absolute atomic E-state index is 0.731. The van der Waals surface area contributed by atoms with E-state index in [9.17, 15) is 4.79 Å². The van der Waals surface area contributed by atoms with Gasteiger partial charge < -0.3 is 14.9 Å². The maximum atomic E-state index is 11.0. The predicted molar refractivity (Wildman–Crippen MR) is 37.0 cm³/mol. The molecule has 1 fully saturated rings. The lowest BCUT2D eigenvalue weighted by molar-refractivity contribution is -0.170. The maximum absolute atomic E-state index is 11.0. The van der Waals surface area contributed by atoms with E-state index in [0.29, 0.717) is 0 Å². The molecule has 1 heterocycles. The van der Waals surface area contributed by atoms with Gasteiger partial charge in [-0.15, -0.1) is 0 Å². The average Bonchev–Trinajstić information content (AvgIpc) is 2.08. The van der Waals surface area contributed by atoms with Crippen molar-refractivity contribution in [3.8, 4) is 6.07 Å². The van der Waals surface area contributed by atoms with E-state index in [4.69, 9.17) is 20.2 Å². The average molecular weight is 171 g/mol. The Morgan fingerprint density at radius 2 is 2.08 bits per heavy atom. The zero-order valence-electron chi connectivity index (χ0n) is 6.47. The summed E-state index contributed by atoms with van der Waals surface area (Å²) in [5.74, 6) is -0.750. The van der Waals surface area contributed by atoms with Gasteiger partial charge in [-0.2, -0.15) is 5.26 Å². The molecule has 0 radical (unpaired) electrons. The van der Waals surface area contributed by atoms with Gasteiger partial charge in [0.1, 0.15) is 6.10 Å². The first-order valence-corrected chi connectivity index (χ1v) is 3.53. The molecule has 0 aromatic carbocycles. The first-order valence-electron chi connectivity index (χ1n) is 3.53. The summed E-state index contributed by atoms with van der Waals surface area (Å²) in [5, 5.41) is 26.6. The normalized spacial score (nSPS) is 42.3. The number of Topliss-reactive ketones (excluding diaryl/α,β-unsaturated/α-hetero) is 1. The van der Waals surface area contributed by atoms with Gasteiger partial charge in [0.15, 0.2) is 18.0 Å². The molecule has 12 heavy (non-hydrogen) atoms. The molecule has 66 valence electrons. The monoisotopic (exact) mass is 171 g/mol. The van der Waals surface area contributed by atoms with Gasteiger partial charge in [0, 0.05) is 0 Å². The van der Waals surface area contributed by atoms with Gasteiger partial charge >= 0.3 is 0 Å². The number of carbonyl (C=O) groups is 1. The Morgan fingerprint density at radius 1 is 1.50 bits per heavy atom. The Balaban J connectivity index is 2.79. The molecule has 5 heteroatoms. The fourth-order valence-electron chi connectivity index (χ4n) is 1.04. The van der Waals surface area contributed by atoms with Crippen molar-refractivity contribution in [2.24, 2.45) is 0 Å². The van der Waals surface area contributed by atoms with Crippen molar-refractivity contribution in [3.05, 3.63) is 0 Å². The third-order valence-corrected chi connectivity index (χ3v) is 1.80. The molecule has 0 aliphatic carbocycles.